The fraction of sp³-hybridized carbons (Fsp3) is 0.579. The van der Waals surface area contributed by atoms with Crippen LogP contribution in [-0.2, 0) is 4.79 Å². The molecule has 130 valence electrons. The summed E-state index contributed by atoms with van der Waals surface area (Å²) in [6.07, 6.45) is 5.72. The lowest BCUT2D eigenvalue weighted by Crippen LogP contribution is -3.14. The number of nitrogens with one attached hydrogen (secondary N) is 2. The summed E-state index contributed by atoms with van der Waals surface area (Å²) in [5.41, 5.74) is 1.09. The van der Waals surface area contributed by atoms with E-state index in [2.05, 4.69) is 37.4 Å². The van der Waals surface area contributed by atoms with E-state index in [-0.39, 0.29) is 11.9 Å². The number of amides is 1. The van der Waals surface area contributed by atoms with Gasteiger partial charge in [-0.25, -0.2) is 4.98 Å². The van der Waals surface area contributed by atoms with Gasteiger partial charge in [-0.3, -0.25) is 4.79 Å². The molecule has 1 fully saturated rings. The van der Waals surface area contributed by atoms with Crippen LogP contribution in [-0.4, -0.2) is 30.0 Å². The molecule has 4 nitrogen and oxygen atoms in total. The molecule has 0 saturated carbocycles. The van der Waals surface area contributed by atoms with Gasteiger partial charge >= 0.3 is 0 Å². The maximum atomic E-state index is 12.4. The number of quaternary nitrogens is 1. The lowest BCUT2D eigenvalue weighted by Gasteiger charge is -2.31. The predicted molar refractivity (Wildman–Crippen MR) is 99.4 cm³/mol. The van der Waals surface area contributed by atoms with Crippen LogP contribution in [0.1, 0.15) is 57.0 Å². The van der Waals surface area contributed by atoms with Crippen LogP contribution in [0.15, 0.2) is 24.3 Å². The van der Waals surface area contributed by atoms with E-state index in [1.165, 1.54) is 27.4 Å². The number of thiazole rings is 1. The lowest BCUT2D eigenvalue weighted by atomic mass is 10.0. The van der Waals surface area contributed by atoms with Crippen molar-refractivity contribution in [1.82, 2.24) is 10.3 Å². The van der Waals surface area contributed by atoms with Crippen molar-refractivity contribution in [3.8, 4) is 0 Å². The zero-order valence-corrected chi connectivity index (χ0v) is 15.5. The summed E-state index contributed by atoms with van der Waals surface area (Å²) in [7, 11) is 0. The molecule has 0 radical (unpaired) electrons. The number of benzene rings is 1. The molecular weight excluding hydrogens is 318 g/mol. The molecule has 1 aromatic carbocycles. The number of likely N-dealkylation sites (tertiary alicyclic amines) is 1. The van der Waals surface area contributed by atoms with Gasteiger partial charge in [0, 0.05) is 12.5 Å². The summed E-state index contributed by atoms with van der Waals surface area (Å²) in [4.78, 5) is 18.6. The standard InChI is InChI=1S/C19H27N3OS/c1-3-8-14(2)20-18(23)13-22-12-7-6-10-16(22)19-21-15-9-4-5-11-17(15)24-19/h4-5,9,11,14,16H,3,6-8,10,12-13H2,1-2H3,(H,20,23)/p+1/t14-,16-/m1/s1. The average Bonchev–Trinajstić information content (AvgIpc) is 2.99. The van der Waals surface area contributed by atoms with E-state index in [4.69, 9.17) is 4.98 Å². The van der Waals surface area contributed by atoms with Crippen molar-refractivity contribution in [2.24, 2.45) is 0 Å². The second-order valence-corrected chi connectivity index (χ2v) is 7.97. The molecule has 2 heterocycles. The highest BCUT2D eigenvalue weighted by Crippen LogP contribution is 2.28. The van der Waals surface area contributed by atoms with Crippen LogP contribution in [0.3, 0.4) is 0 Å². The van der Waals surface area contributed by atoms with Crippen molar-refractivity contribution in [2.45, 2.75) is 58.0 Å². The topological polar surface area (TPSA) is 46.4 Å². The summed E-state index contributed by atoms with van der Waals surface area (Å²) in [6.45, 7) is 5.88. The molecule has 24 heavy (non-hydrogen) atoms. The highest BCUT2D eigenvalue weighted by Gasteiger charge is 2.32. The monoisotopic (exact) mass is 346 g/mol. The number of carbonyl (C=O) groups excluding carboxylic acids is 1. The van der Waals surface area contributed by atoms with Gasteiger partial charge in [-0.15, -0.1) is 11.3 Å². The van der Waals surface area contributed by atoms with Gasteiger partial charge in [-0.05, 0) is 38.3 Å². The minimum absolute atomic E-state index is 0.180. The van der Waals surface area contributed by atoms with E-state index in [0.717, 1.165) is 31.3 Å². The zero-order valence-electron chi connectivity index (χ0n) is 14.7. The van der Waals surface area contributed by atoms with Crippen molar-refractivity contribution in [3.05, 3.63) is 29.3 Å². The Labute approximate surface area is 148 Å². The van der Waals surface area contributed by atoms with Crippen molar-refractivity contribution >= 4 is 27.5 Å². The minimum atomic E-state index is 0.180. The molecule has 3 rings (SSSR count). The van der Waals surface area contributed by atoms with Gasteiger partial charge in [0.15, 0.2) is 11.6 Å². The third-order valence-electron chi connectivity index (χ3n) is 4.86. The summed E-state index contributed by atoms with van der Waals surface area (Å²) in [5.74, 6) is 0.180. The van der Waals surface area contributed by atoms with E-state index in [1.807, 2.05) is 6.07 Å². The number of carbonyl (C=O) groups is 1. The first-order valence-corrected chi connectivity index (χ1v) is 9.98. The van der Waals surface area contributed by atoms with Crippen LogP contribution in [0.25, 0.3) is 10.2 Å². The quantitative estimate of drug-likeness (QED) is 0.845. The molecule has 1 aromatic heterocycles. The molecule has 1 aliphatic heterocycles. The van der Waals surface area contributed by atoms with Crippen LogP contribution in [0, 0.1) is 0 Å². The van der Waals surface area contributed by atoms with Crippen LogP contribution in [0.5, 0.6) is 0 Å². The number of piperidine rings is 1. The number of para-hydroxylation sites is 1. The third kappa shape index (κ3) is 4.14. The molecule has 1 aliphatic rings. The molecule has 3 atom stereocenters. The summed E-state index contributed by atoms with van der Waals surface area (Å²) >= 11 is 1.79. The first-order chi connectivity index (χ1) is 11.7. The third-order valence-corrected chi connectivity index (χ3v) is 6.01. The van der Waals surface area contributed by atoms with Gasteiger partial charge in [-0.2, -0.15) is 0 Å². The maximum absolute atomic E-state index is 12.4. The minimum Gasteiger partial charge on any atom is -0.349 e. The Morgan fingerprint density at radius 3 is 3.04 bits per heavy atom. The Hall–Kier alpha value is -1.46. The summed E-state index contributed by atoms with van der Waals surface area (Å²) in [6, 6.07) is 8.96. The first-order valence-electron chi connectivity index (χ1n) is 9.16. The Kier molecular flexibility index (Phi) is 5.85. The number of rotatable bonds is 6. The Bertz CT molecular complexity index is 651. The Morgan fingerprint density at radius 2 is 2.25 bits per heavy atom. The molecule has 1 amide bonds. The van der Waals surface area contributed by atoms with Crippen LogP contribution in [0.4, 0.5) is 0 Å². The van der Waals surface area contributed by atoms with Crippen molar-refractivity contribution < 1.29 is 9.69 Å². The second-order valence-electron chi connectivity index (χ2n) is 6.91. The molecule has 2 aromatic rings. The SMILES string of the molecule is CCC[C@@H](C)NC(=O)C[NH+]1CCCC[C@@H]1c1nc2ccccc2s1. The predicted octanol–water partition coefficient (Wildman–Crippen LogP) is 2.71. The van der Waals surface area contributed by atoms with Gasteiger partial charge < -0.3 is 10.2 Å². The molecule has 5 heteroatoms. The zero-order chi connectivity index (χ0) is 16.9. The molecule has 2 N–H and O–H groups in total. The van der Waals surface area contributed by atoms with E-state index >= 15 is 0 Å². The number of hydrogen-bond donors (Lipinski definition) is 2. The average molecular weight is 347 g/mol. The lowest BCUT2D eigenvalue weighted by molar-refractivity contribution is -0.929. The van der Waals surface area contributed by atoms with E-state index in [0.29, 0.717) is 12.6 Å². The van der Waals surface area contributed by atoms with Gasteiger partial charge in [-0.1, -0.05) is 25.5 Å². The highest BCUT2D eigenvalue weighted by atomic mass is 32.1. The second kappa shape index (κ2) is 8.08. The summed E-state index contributed by atoms with van der Waals surface area (Å²) in [5, 5.41) is 4.34. The van der Waals surface area contributed by atoms with Crippen molar-refractivity contribution in [3.63, 3.8) is 0 Å². The molecular formula is C19H28N3OS+. The van der Waals surface area contributed by atoms with E-state index in [9.17, 15) is 4.79 Å². The number of aromatic nitrogens is 1. The molecule has 0 aliphatic carbocycles. The normalized spacial score (nSPS) is 22.4. The molecule has 1 saturated heterocycles. The first kappa shape index (κ1) is 17.4. The Balaban J connectivity index is 1.70. The number of fused-ring (bicyclic) bond motifs is 1. The van der Waals surface area contributed by atoms with Crippen LogP contribution in [0.2, 0.25) is 0 Å². The van der Waals surface area contributed by atoms with E-state index in [1.54, 1.807) is 11.3 Å². The van der Waals surface area contributed by atoms with Crippen LogP contribution < -0.4 is 10.2 Å². The highest BCUT2D eigenvalue weighted by molar-refractivity contribution is 7.18. The number of nitrogens with zero attached hydrogens (tertiary/aromatic N) is 1. The smallest absolute Gasteiger partial charge is 0.275 e. The van der Waals surface area contributed by atoms with Crippen molar-refractivity contribution in [2.75, 3.05) is 13.1 Å². The van der Waals surface area contributed by atoms with Gasteiger partial charge in [0.05, 0.1) is 16.8 Å². The van der Waals surface area contributed by atoms with Crippen molar-refractivity contribution in [1.29, 1.82) is 0 Å². The molecule has 0 spiro atoms. The summed E-state index contributed by atoms with van der Waals surface area (Å²) < 4.78 is 1.25. The van der Waals surface area contributed by atoms with Crippen LogP contribution >= 0.6 is 11.3 Å². The fourth-order valence-corrected chi connectivity index (χ4v) is 4.83. The van der Waals surface area contributed by atoms with Gasteiger partial charge in [0.25, 0.3) is 5.91 Å². The number of hydrogen-bond acceptors (Lipinski definition) is 3. The molecule has 0 bridgehead atoms. The Morgan fingerprint density at radius 1 is 1.42 bits per heavy atom. The van der Waals surface area contributed by atoms with E-state index < -0.39 is 0 Å². The fourth-order valence-electron chi connectivity index (χ4n) is 3.66. The largest absolute Gasteiger partial charge is 0.349 e. The maximum Gasteiger partial charge on any atom is 0.275 e. The van der Waals surface area contributed by atoms with Gasteiger partial charge in [0.2, 0.25) is 0 Å². The van der Waals surface area contributed by atoms with Gasteiger partial charge in [0.1, 0.15) is 6.04 Å². The molecule has 1 unspecified atom stereocenters.